The summed E-state index contributed by atoms with van der Waals surface area (Å²) >= 11 is 0. The molecular weight excluding hydrogens is 164 g/mol. The molecule has 2 aliphatic rings. The summed E-state index contributed by atoms with van der Waals surface area (Å²) < 4.78 is 0. The van der Waals surface area contributed by atoms with Crippen LogP contribution < -0.4 is 0 Å². The summed E-state index contributed by atoms with van der Waals surface area (Å²) in [5, 5.41) is 1.98. The quantitative estimate of drug-likeness (QED) is 0.558. The predicted molar refractivity (Wildman–Crippen MR) is 52.4 cm³/mol. The van der Waals surface area contributed by atoms with E-state index in [2.05, 4.69) is 11.9 Å². The average Bonchev–Trinajstić information content (AvgIpc) is 2.16. The van der Waals surface area contributed by atoms with Gasteiger partial charge in [-0.15, -0.1) is 0 Å². The van der Waals surface area contributed by atoms with Gasteiger partial charge in [0.15, 0.2) is 0 Å². The molecule has 3 heteroatoms. The second-order valence-electron chi connectivity index (χ2n) is 4.68. The SMILES string of the molecule is CN1CCC2(CC1)CCN(C)OC2. The smallest absolute Gasteiger partial charge is 0.0742 e. The monoisotopic (exact) mass is 184 g/mol. The molecule has 0 aromatic heterocycles. The lowest BCUT2D eigenvalue weighted by molar-refractivity contribution is -0.212. The predicted octanol–water partition coefficient (Wildman–Crippen LogP) is 0.966. The Morgan fingerprint density at radius 1 is 1.00 bits per heavy atom. The fourth-order valence-corrected chi connectivity index (χ4v) is 2.27. The Morgan fingerprint density at radius 3 is 2.15 bits per heavy atom. The van der Waals surface area contributed by atoms with Crippen molar-refractivity contribution in [3.05, 3.63) is 0 Å². The minimum Gasteiger partial charge on any atom is -0.306 e. The first kappa shape index (κ1) is 9.44. The van der Waals surface area contributed by atoms with Crippen LogP contribution in [-0.4, -0.2) is 50.3 Å². The number of likely N-dealkylation sites (tertiary alicyclic amines) is 1. The van der Waals surface area contributed by atoms with Crippen LogP contribution in [0.1, 0.15) is 19.3 Å². The third-order valence-corrected chi connectivity index (χ3v) is 3.60. The first-order valence-corrected chi connectivity index (χ1v) is 5.23. The average molecular weight is 184 g/mol. The van der Waals surface area contributed by atoms with E-state index in [4.69, 9.17) is 4.84 Å². The number of rotatable bonds is 0. The third-order valence-electron chi connectivity index (χ3n) is 3.60. The summed E-state index contributed by atoms with van der Waals surface area (Å²) in [6, 6.07) is 0. The Labute approximate surface area is 80.6 Å². The van der Waals surface area contributed by atoms with Crippen molar-refractivity contribution in [2.24, 2.45) is 5.41 Å². The lowest BCUT2D eigenvalue weighted by Gasteiger charge is -2.44. The van der Waals surface area contributed by atoms with Gasteiger partial charge >= 0.3 is 0 Å². The first-order valence-electron chi connectivity index (χ1n) is 5.23. The van der Waals surface area contributed by atoms with Crippen LogP contribution in [0, 0.1) is 5.41 Å². The van der Waals surface area contributed by atoms with Crippen LogP contribution in [0.3, 0.4) is 0 Å². The Bertz CT molecular complexity index is 144. The fourth-order valence-electron chi connectivity index (χ4n) is 2.27. The highest BCUT2D eigenvalue weighted by molar-refractivity contribution is 4.86. The van der Waals surface area contributed by atoms with E-state index in [1.807, 2.05) is 12.1 Å². The number of piperidine rings is 1. The standard InChI is InChI=1S/C10H20N2O/c1-11-6-3-10(4-7-11)5-8-12(2)13-9-10/h3-9H2,1-2H3. The Morgan fingerprint density at radius 2 is 1.62 bits per heavy atom. The Kier molecular flexibility index (Phi) is 2.58. The minimum absolute atomic E-state index is 0.513. The summed E-state index contributed by atoms with van der Waals surface area (Å²) in [7, 11) is 4.24. The number of hydroxylamine groups is 2. The van der Waals surface area contributed by atoms with Crippen LogP contribution in [0.5, 0.6) is 0 Å². The zero-order valence-electron chi connectivity index (χ0n) is 8.75. The largest absolute Gasteiger partial charge is 0.306 e. The van der Waals surface area contributed by atoms with E-state index in [-0.39, 0.29) is 0 Å². The van der Waals surface area contributed by atoms with Gasteiger partial charge in [0.25, 0.3) is 0 Å². The van der Waals surface area contributed by atoms with Gasteiger partial charge in [0.05, 0.1) is 6.61 Å². The molecule has 0 bridgehead atoms. The van der Waals surface area contributed by atoms with E-state index < -0.39 is 0 Å². The highest BCUT2D eigenvalue weighted by atomic mass is 16.7. The van der Waals surface area contributed by atoms with Crippen molar-refractivity contribution in [3.63, 3.8) is 0 Å². The van der Waals surface area contributed by atoms with Crippen LogP contribution in [0.4, 0.5) is 0 Å². The van der Waals surface area contributed by atoms with E-state index in [1.165, 1.54) is 32.4 Å². The van der Waals surface area contributed by atoms with Crippen molar-refractivity contribution in [2.45, 2.75) is 19.3 Å². The van der Waals surface area contributed by atoms with Crippen molar-refractivity contribution in [3.8, 4) is 0 Å². The summed E-state index contributed by atoms with van der Waals surface area (Å²) in [6.45, 7) is 4.53. The van der Waals surface area contributed by atoms with Gasteiger partial charge in [-0.1, -0.05) is 0 Å². The van der Waals surface area contributed by atoms with Crippen LogP contribution in [0.15, 0.2) is 0 Å². The molecule has 2 aliphatic heterocycles. The van der Waals surface area contributed by atoms with Gasteiger partial charge in [-0.2, -0.15) is 5.06 Å². The molecule has 13 heavy (non-hydrogen) atoms. The Hall–Kier alpha value is -0.120. The molecule has 76 valence electrons. The zero-order valence-corrected chi connectivity index (χ0v) is 8.75. The van der Waals surface area contributed by atoms with Gasteiger partial charge in [-0.25, -0.2) is 0 Å². The number of nitrogens with zero attached hydrogens (tertiary/aromatic N) is 2. The molecule has 0 unspecified atom stereocenters. The molecule has 0 saturated carbocycles. The maximum Gasteiger partial charge on any atom is 0.0742 e. The van der Waals surface area contributed by atoms with Crippen molar-refractivity contribution < 1.29 is 4.84 Å². The van der Waals surface area contributed by atoms with Crippen LogP contribution in [-0.2, 0) is 4.84 Å². The lowest BCUT2D eigenvalue weighted by atomic mass is 9.76. The number of hydrogen-bond donors (Lipinski definition) is 0. The molecule has 2 saturated heterocycles. The van der Waals surface area contributed by atoms with E-state index in [9.17, 15) is 0 Å². The summed E-state index contributed by atoms with van der Waals surface area (Å²) in [5.41, 5.74) is 0.513. The maximum atomic E-state index is 5.62. The fraction of sp³-hybridized carbons (Fsp3) is 1.00. The third kappa shape index (κ3) is 2.03. The molecule has 3 nitrogen and oxygen atoms in total. The molecule has 0 aromatic carbocycles. The van der Waals surface area contributed by atoms with Crippen LogP contribution in [0.25, 0.3) is 0 Å². The second kappa shape index (κ2) is 3.56. The van der Waals surface area contributed by atoms with Gasteiger partial charge in [-0.3, -0.25) is 4.84 Å². The van der Waals surface area contributed by atoms with E-state index in [0.29, 0.717) is 5.41 Å². The van der Waals surface area contributed by atoms with Gasteiger partial charge in [0.1, 0.15) is 0 Å². The molecule has 2 rings (SSSR count). The summed E-state index contributed by atoms with van der Waals surface area (Å²) in [5.74, 6) is 0. The van der Waals surface area contributed by atoms with Gasteiger partial charge in [0.2, 0.25) is 0 Å². The minimum atomic E-state index is 0.513. The molecule has 2 fully saturated rings. The molecule has 0 aromatic rings. The van der Waals surface area contributed by atoms with E-state index in [0.717, 1.165) is 13.2 Å². The molecule has 0 aliphatic carbocycles. The van der Waals surface area contributed by atoms with Crippen molar-refractivity contribution in [1.29, 1.82) is 0 Å². The van der Waals surface area contributed by atoms with Crippen molar-refractivity contribution in [1.82, 2.24) is 9.96 Å². The summed E-state index contributed by atoms with van der Waals surface area (Å²) in [4.78, 5) is 8.04. The van der Waals surface area contributed by atoms with E-state index >= 15 is 0 Å². The topological polar surface area (TPSA) is 15.7 Å². The van der Waals surface area contributed by atoms with Gasteiger partial charge < -0.3 is 4.90 Å². The summed E-state index contributed by atoms with van der Waals surface area (Å²) in [6.07, 6.45) is 3.95. The maximum absolute atomic E-state index is 5.62. The molecule has 0 N–H and O–H groups in total. The lowest BCUT2D eigenvalue weighted by Crippen LogP contribution is -2.46. The molecule has 2 heterocycles. The molecular formula is C10H20N2O. The molecule has 1 spiro atoms. The van der Waals surface area contributed by atoms with E-state index in [1.54, 1.807) is 0 Å². The molecule has 0 amide bonds. The normalized spacial score (nSPS) is 30.9. The van der Waals surface area contributed by atoms with Gasteiger partial charge in [0, 0.05) is 13.6 Å². The van der Waals surface area contributed by atoms with Crippen LogP contribution in [0.2, 0.25) is 0 Å². The Balaban J connectivity index is 1.90. The first-order chi connectivity index (χ1) is 6.20. The highest BCUT2D eigenvalue weighted by Gasteiger charge is 2.36. The second-order valence-corrected chi connectivity index (χ2v) is 4.68. The molecule has 0 atom stereocenters. The van der Waals surface area contributed by atoms with Crippen LogP contribution >= 0.6 is 0 Å². The van der Waals surface area contributed by atoms with Crippen molar-refractivity contribution >= 4 is 0 Å². The number of hydrogen-bond acceptors (Lipinski definition) is 3. The van der Waals surface area contributed by atoms with Gasteiger partial charge in [-0.05, 0) is 44.8 Å². The zero-order chi connectivity index (χ0) is 9.31. The highest BCUT2D eigenvalue weighted by Crippen LogP contribution is 2.37. The molecule has 0 radical (unpaired) electrons. The van der Waals surface area contributed by atoms with Crippen molar-refractivity contribution in [2.75, 3.05) is 40.3 Å².